The number of hydrogen-bond donors (Lipinski definition) is 0. The molecule has 18 heavy (non-hydrogen) atoms. The molecular formula is C14H21NO2S. The van der Waals surface area contributed by atoms with Gasteiger partial charge in [0.25, 0.3) is 0 Å². The molecule has 100 valence electrons. The topological polar surface area (TPSA) is 29.5 Å². The molecule has 1 aromatic rings. The Hall–Kier alpha value is -1.00. The molecule has 0 aromatic heterocycles. The largest absolute Gasteiger partial charge is 0.497 e. The van der Waals surface area contributed by atoms with E-state index >= 15 is 0 Å². The van der Waals surface area contributed by atoms with Gasteiger partial charge in [0.05, 0.1) is 12.4 Å². The van der Waals surface area contributed by atoms with Crippen LogP contribution in [-0.4, -0.2) is 49.4 Å². The maximum absolute atomic E-state index is 12.1. The SMILES string of the molecule is COc1ccc(C(=O)C(C)SCCN(C)C)cc1. The fourth-order valence-corrected chi connectivity index (χ4v) is 2.59. The Morgan fingerprint density at radius 3 is 2.44 bits per heavy atom. The summed E-state index contributed by atoms with van der Waals surface area (Å²) in [7, 11) is 5.70. The van der Waals surface area contributed by atoms with Crippen LogP contribution in [-0.2, 0) is 0 Å². The Labute approximate surface area is 114 Å². The van der Waals surface area contributed by atoms with Crippen molar-refractivity contribution in [2.45, 2.75) is 12.2 Å². The van der Waals surface area contributed by atoms with Gasteiger partial charge in [0.1, 0.15) is 5.75 Å². The molecule has 0 spiro atoms. The summed E-state index contributed by atoms with van der Waals surface area (Å²) in [6.45, 7) is 2.96. The van der Waals surface area contributed by atoms with Crippen molar-refractivity contribution in [1.29, 1.82) is 0 Å². The summed E-state index contributed by atoms with van der Waals surface area (Å²) in [5, 5.41) is -0.00153. The number of nitrogens with zero attached hydrogens (tertiary/aromatic N) is 1. The first-order valence-corrected chi connectivity index (χ1v) is 7.04. The third-order valence-electron chi connectivity index (χ3n) is 2.65. The highest BCUT2D eigenvalue weighted by molar-refractivity contribution is 8.00. The fourth-order valence-electron chi connectivity index (χ4n) is 1.48. The molecule has 3 nitrogen and oxygen atoms in total. The van der Waals surface area contributed by atoms with E-state index < -0.39 is 0 Å². The number of rotatable bonds is 7. The molecule has 0 saturated carbocycles. The Balaban J connectivity index is 2.51. The van der Waals surface area contributed by atoms with Crippen molar-refractivity contribution in [2.75, 3.05) is 33.5 Å². The number of benzene rings is 1. The summed E-state index contributed by atoms with van der Waals surface area (Å²) < 4.78 is 5.08. The van der Waals surface area contributed by atoms with E-state index in [1.807, 2.05) is 45.3 Å². The van der Waals surface area contributed by atoms with Crippen LogP contribution in [0.2, 0.25) is 0 Å². The van der Waals surface area contributed by atoms with E-state index in [1.54, 1.807) is 18.9 Å². The molecule has 1 rings (SSSR count). The van der Waals surface area contributed by atoms with Crippen LogP contribution < -0.4 is 4.74 Å². The second kappa shape index (κ2) is 7.44. The number of hydrogen-bond acceptors (Lipinski definition) is 4. The zero-order valence-electron chi connectivity index (χ0n) is 11.5. The van der Waals surface area contributed by atoms with Crippen LogP contribution in [0.5, 0.6) is 5.75 Å². The summed E-state index contributed by atoms with van der Waals surface area (Å²) in [5.41, 5.74) is 0.751. The van der Waals surface area contributed by atoms with Gasteiger partial charge in [-0.25, -0.2) is 0 Å². The highest BCUT2D eigenvalue weighted by atomic mass is 32.2. The minimum Gasteiger partial charge on any atom is -0.497 e. The Bertz CT molecular complexity index is 376. The van der Waals surface area contributed by atoms with Crippen LogP contribution >= 0.6 is 11.8 Å². The highest BCUT2D eigenvalue weighted by Gasteiger charge is 2.15. The second-order valence-electron chi connectivity index (χ2n) is 4.41. The first kappa shape index (κ1) is 15.1. The lowest BCUT2D eigenvalue weighted by atomic mass is 10.1. The third kappa shape index (κ3) is 4.70. The first-order valence-electron chi connectivity index (χ1n) is 5.99. The van der Waals surface area contributed by atoms with Crippen molar-refractivity contribution < 1.29 is 9.53 Å². The van der Waals surface area contributed by atoms with E-state index in [2.05, 4.69) is 4.90 Å². The molecule has 0 bridgehead atoms. The van der Waals surface area contributed by atoms with Crippen LogP contribution in [0.25, 0.3) is 0 Å². The van der Waals surface area contributed by atoms with Crippen molar-refractivity contribution >= 4 is 17.5 Å². The van der Waals surface area contributed by atoms with Crippen LogP contribution in [0.1, 0.15) is 17.3 Å². The number of carbonyl (C=O) groups excluding carboxylic acids is 1. The van der Waals surface area contributed by atoms with Crippen molar-refractivity contribution in [2.24, 2.45) is 0 Å². The molecule has 0 aliphatic heterocycles. The van der Waals surface area contributed by atoms with Gasteiger partial charge in [0.2, 0.25) is 0 Å². The van der Waals surface area contributed by atoms with E-state index in [4.69, 9.17) is 4.74 Å². The van der Waals surface area contributed by atoms with Crippen LogP contribution in [0.4, 0.5) is 0 Å². The van der Waals surface area contributed by atoms with E-state index in [0.717, 1.165) is 23.6 Å². The van der Waals surface area contributed by atoms with Crippen molar-refractivity contribution in [3.8, 4) is 5.75 Å². The van der Waals surface area contributed by atoms with Gasteiger partial charge in [-0.1, -0.05) is 0 Å². The minimum absolute atomic E-state index is 0.00153. The molecule has 4 heteroatoms. The average Bonchev–Trinajstić information content (AvgIpc) is 2.37. The molecule has 0 saturated heterocycles. The maximum atomic E-state index is 12.1. The lowest BCUT2D eigenvalue weighted by Gasteiger charge is -2.13. The molecule has 0 aliphatic rings. The molecule has 1 unspecified atom stereocenters. The highest BCUT2D eigenvalue weighted by Crippen LogP contribution is 2.18. The van der Waals surface area contributed by atoms with Gasteiger partial charge in [-0.15, -0.1) is 11.8 Å². The van der Waals surface area contributed by atoms with Gasteiger partial charge in [0.15, 0.2) is 5.78 Å². The van der Waals surface area contributed by atoms with Crippen molar-refractivity contribution in [3.63, 3.8) is 0 Å². The molecular weight excluding hydrogens is 246 g/mol. The average molecular weight is 267 g/mol. The number of ether oxygens (including phenoxy) is 1. The molecule has 1 atom stereocenters. The lowest BCUT2D eigenvalue weighted by molar-refractivity contribution is 0.0994. The van der Waals surface area contributed by atoms with Crippen LogP contribution in [0.3, 0.4) is 0 Å². The van der Waals surface area contributed by atoms with Gasteiger partial charge < -0.3 is 9.64 Å². The van der Waals surface area contributed by atoms with E-state index in [-0.39, 0.29) is 11.0 Å². The molecule has 0 heterocycles. The van der Waals surface area contributed by atoms with Crippen molar-refractivity contribution in [1.82, 2.24) is 4.90 Å². The number of ketones is 1. The minimum atomic E-state index is -0.00153. The normalized spacial score (nSPS) is 12.5. The van der Waals surface area contributed by atoms with Crippen molar-refractivity contribution in [3.05, 3.63) is 29.8 Å². The summed E-state index contributed by atoms with van der Waals surface area (Å²) in [6, 6.07) is 7.29. The molecule has 1 aromatic carbocycles. The Morgan fingerprint density at radius 1 is 1.33 bits per heavy atom. The second-order valence-corrected chi connectivity index (χ2v) is 5.86. The zero-order chi connectivity index (χ0) is 13.5. The van der Waals surface area contributed by atoms with Crippen LogP contribution in [0, 0.1) is 0 Å². The fraction of sp³-hybridized carbons (Fsp3) is 0.500. The van der Waals surface area contributed by atoms with Gasteiger partial charge in [-0.2, -0.15) is 0 Å². The van der Waals surface area contributed by atoms with Gasteiger partial charge in [0, 0.05) is 17.9 Å². The monoisotopic (exact) mass is 267 g/mol. The molecule has 0 N–H and O–H groups in total. The van der Waals surface area contributed by atoms with Gasteiger partial charge in [-0.05, 0) is 45.3 Å². The Kier molecular flexibility index (Phi) is 6.22. The van der Waals surface area contributed by atoms with Crippen LogP contribution in [0.15, 0.2) is 24.3 Å². The number of Topliss-reactive ketones (excluding diaryl/α,β-unsaturated/α-hetero) is 1. The molecule has 0 amide bonds. The summed E-state index contributed by atoms with van der Waals surface area (Å²) in [6.07, 6.45) is 0. The first-order chi connectivity index (χ1) is 8.54. The predicted molar refractivity (Wildman–Crippen MR) is 77.8 cm³/mol. The number of carbonyl (C=O) groups is 1. The Morgan fingerprint density at radius 2 is 1.94 bits per heavy atom. The maximum Gasteiger partial charge on any atom is 0.175 e. The summed E-state index contributed by atoms with van der Waals surface area (Å²) in [5.74, 6) is 1.93. The molecule has 0 aliphatic carbocycles. The summed E-state index contributed by atoms with van der Waals surface area (Å²) in [4.78, 5) is 14.3. The molecule has 0 fully saturated rings. The number of methoxy groups -OCH3 is 1. The molecule has 0 radical (unpaired) electrons. The quantitative estimate of drug-likeness (QED) is 0.710. The van der Waals surface area contributed by atoms with Gasteiger partial charge >= 0.3 is 0 Å². The third-order valence-corrected chi connectivity index (χ3v) is 3.78. The zero-order valence-corrected chi connectivity index (χ0v) is 12.3. The standard InChI is InChI=1S/C14H21NO2S/c1-11(18-10-9-15(2)3)14(16)12-5-7-13(17-4)8-6-12/h5-8,11H,9-10H2,1-4H3. The summed E-state index contributed by atoms with van der Waals surface area (Å²) >= 11 is 1.70. The van der Waals surface area contributed by atoms with E-state index in [0.29, 0.717) is 0 Å². The lowest BCUT2D eigenvalue weighted by Crippen LogP contribution is -2.19. The van der Waals surface area contributed by atoms with Gasteiger partial charge in [-0.3, -0.25) is 4.79 Å². The smallest absolute Gasteiger partial charge is 0.175 e. The number of thioether (sulfide) groups is 1. The van der Waals surface area contributed by atoms with E-state index in [9.17, 15) is 4.79 Å². The predicted octanol–water partition coefficient (Wildman–Crippen LogP) is 2.56. The van der Waals surface area contributed by atoms with E-state index in [1.165, 1.54) is 0 Å².